The number of nitrogens with zero attached hydrogens (tertiary/aromatic N) is 3. The van der Waals surface area contributed by atoms with Gasteiger partial charge in [0.05, 0.1) is 0 Å². The molecule has 0 aliphatic heterocycles. The number of carbonyl (C=O) groups is 1. The summed E-state index contributed by atoms with van der Waals surface area (Å²) in [5, 5.41) is 11.4. The third kappa shape index (κ3) is 3.47. The number of aryl methyl sites for hydroxylation is 2. The molecule has 25 heavy (non-hydrogen) atoms. The molecular formula is C19H17N3O3. The Labute approximate surface area is 144 Å². The summed E-state index contributed by atoms with van der Waals surface area (Å²) >= 11 is 0. The number of benzene rings is 2. The van der Waals surface area contributed by atoms with Crippen molar-refractivity contribution in [1.82, 2.24) is 9.55 Å². The van der Waals surface area contributed by atoms with Crippen LogP contribution < -0.4 is 0 Å². The van der Waals surface area contributed by atoms with Crippen LogP contribution in [-0.4, -0.2) is 20.8 Å². The fourth-order valence-electron chi connectivity index (χ4n) is 2.88. The van der Waals surface area contributed by atoms with Crippen molar-refractivity contribution in [1.29, 1.82) is 0 Å². The Hall–Kier alpha value is -3.28. The molecule has 0 aliphatic carbocycles. The van der Waals surface area contributed by atoms with Gasteiger partial charge in [0.15, 0.2) is 5.69 Å². The summed E-state index contributed by atoms with van der Waals surface area (Å²) in [7, 11) is 0. The molecule has 0 saturated heterocycles. The largest absolute Gasteiger partial charge is 0.390 e. The normalized spacial score (nSPS) is 10.6. The first-order valence-electron chi connectivity index (χ1n) is 7.91. The average molecular weight is 335 g/mol. The van der Waals surface area contributed by atoms with Crippen molar-refractivity contribution >= 4 is 12.1 Å². The van der Waals surface area contributed by atoms with Crippen molar-refractivity contribution in [3.63, 3.8) is 0 Å². The van der Waals surface area contributed by atoms with Crippen molar-refractivity contribution in [2.75, 3.05) is 0 Å². The lowest BCUT2D eigenvalue weighted by Gasteiger charge is -2.09. The van der Waals surface area contributed by atoms with Crippen LogP contribution in [-0.2, 0) is 13.0 Å². The van der Waals surface area contributed by atoms with Crippen LogP contribution in [0.15, 0.2) is 54.6 Å². The minimum atomic E-state index is -0.477. The van der Waals surface area contributed by atoms with E-state index in [0.717, 1.165) is 18.3 Å². The quantitative estimate of drug-likeness (QED) is 0.390. The molecule has 2 aromatic carbocycles. The summed E-state index contributed by atoms with van der Waals surface area (Å²) < 4.78 is 1.84. The zero-order chi connectivity index (χ0) is 17.8. The third-order valence-electron chi connectivity index (χ3n) is 4.08. The van der Waals surface area contributed by atoms with Crippen LogP contribution in [0.4, 0.5) is 5.82 Å². The van der Waals surface area contributed by atoms with Crippen LogP contribution in [0.3, 0.4) is 0 Å². The van der Waals surface area contributed by atoms with Crippen molar-refractivity contribution in [2.24, 2.45) is 0 Å². The Morgan fingerprint density at radius 1 is 1.16 bits per heavy atom. The Bertz CT molecular complexity index is 917. The smallest absolute Gasteiger partial charge is 0.358 e. The van der Waals surface area contributed by atoms with E-state index < -0.39 is 4.92 Å². The number of rotatable bonds is 6. The van der Waals surface area contributed by atoms with Gasteiger partial charge in [-0.25, -0.2) is 0 Å². The fraction of sp³-hybridized carbons (Fsp3) is 0.158. The van der Waals surface area contributed by atoms with E-state index in [1.165, 1.54) is 0 Å². The predicted octanol–water partition coefficient (Wildman–Crippen LogP) is 3.82. The second-order valence-electron chi connectivity index (χ2n) is 5.72. The number of aldehydes is 1. The summed E-state index contributed by atoms with van der Waals surface area (Å²) in [5.41, 5.74) is 2.66. The minimum Gasteiger partial charge on any atom is -0.358 e. The molecule has 0 saturated carbocycles. The maximum Gasteiger partial charge on any atom is 0.390 e. The molecular weight excluding hydrogens is 318 g/mol. The fourth-order valence-corrected chi connectivity index (χ4v) is 2.88. The SMILES string of the molecule is Cc1nc([N+](=O)[O-])c(-c2cccc(C=O)c2)n1CCc1ccccc1. The molecule has 0 aliphatic rings. The molecule has 6 heteroatoms. The van der Waals surface area contributed by atoms with Crippen molar-refractivity contribution in [3.05, 3.63) is 81.7 Å². The van der Waals surface area contributed by atoms with Crippen LogP contribution in [0.2, 0.25) is 0 Å². The van der Waals surface area contributed by atoms with Gasteiger partial charge < -0.3 is 14.7 Å². The van der Waals surface area contributed by atoms with Gasteiger partial charge in [0.1, 0.15) is 6.29 Å². The van der Waals surface area contributed by atoms with E-state index in [1.807, 2.05) is 34.9 Å². The molecule has 0 spiro atoms. The number of nitro groups is 1. The first-order valence-corrected chi connectivity index (χ1v) is 7.91. The molecule has 0 atom stereocenters. The molecule has 0 amide bonds. The molecule has 3 aromatic rings. The number of hydrogen-bond acceptors (Lipinski definition) is 4. The van der Waals surface area contributed by atoms with E-state index in [1.54, 1.807) is 31.2 Å². The van der Waals surface area contributed by atoms with Gasteiger partial charge in [-0.05, 0) is 28.0 Å². The molecule has 6 nitrogen and oxygen atoms in total. The lowest BCUT2D eigenvalue weighted by molar-refractivity contribution is -0.388. The molecule has 0 N–H and O–H groups in total. The highest BCUT2D eigenvalue weighted by atomic mass is 16.6. The molecule has 0 radical (unpaired) electrons. The summed E-state index contributed by atoms with van der Waals surface area (Å²) in [6.07, 6.45) is 1.46. The maximum atomic E-state index is 11.4. The topological polar surface area (TPSA) is 78.0 Å². The molecule has 1 aromatic heterocycles. The van der Waals surface area contributed by atoms with Gasteiger partial charge in [-0.15, -0.1) is 0 Å². The minimum absolute atomic E-state index is 0.186. The summed E-state index contributed by atoms with van der Waals surface area (Å²) in [4.78, 5) is 26.2. The van der Waals surface area contributed by atoms with Gasteiger partial charge in [0, 0.05) is 24.6 Å². The van der Waals surface area contributed by atoms with Crippen LogP contribution in [0.1, 0.15) is 21.7 Å². The van der Waals surface area contributed by atoms with Gasteiger partial charge in [-0.2, -0.15) is 0 Å². The van der Waals surface area contributed by atoms with E-state index in [0.29, 0.717) is 29.2 Å². The van der Waals surface area contributed by atoms with E-state index in [-0.39, 0.29) is 5.82 Å². The van der Waals surface area contributed by atoms with Gasteiger partial charge in [0.25, 0.3) is 0 Å². The van der Waals surface area contributed by atoms with E-state index >= 15 is 0 Å². The molecule has 1 heterocycles. The van der Waals surface area contributed by atoms with Crippen LogP contribution >= 0.6 is 0 Å². The molecule has 0 unspecified atom stereocenters. The lowest BCUT2D eigenvalue weighted by Crippen LogP contribution is -2.06. The average Bonchev–Trinajstić information content (AvgIpc) is 2.97. The molecule has 126 valence electrons. The summed E-state index contributed by atoms with van der Waals surface area (Å²) in [6, 6.07) is 16.7. The lowest BCUT2D eigenvalue weighted by atomic mass is 10.1. The van der Waals surface area contributed by atoms with Crippen molar-refractivity contribution in [3.8, 4) is 11.3 Å². The van der Waals surface area contributed by atoms with Crippen molar-refractivity contribution < 1.29 is 9.72 Å². The first kappa shape index (κ1) is 16.6. The van der Waals surface area contributed by atoms with Crippen LogP contribution in [0, 0.1) is 17.0 Å². The van der Waals surface area contributed by atoms with Crippen LogP contribution in [0.5, 0.6) is 0 Å². The Morgan fingerprint density at radius 3 is 2.60 bits per heavy atom. The first-order chi connectivity index (χ1) is 12.1. The molecule has 0 fully saturated rings. The van der Waals surface area contributed by atoms with Crippen LogP contribution in [0.25, 0.3) is 11.3 Å². The van der Waals surface area contributed by atoms with Gasteiger partial charge >= 0.3 is 5.82 Å². The number of aromatic nitrogens is 2. The second kappa shape index (κ2) is 7.09. The highest BCUT2D eigenvalue weighted by Gasteiger charge is 2.26. The Morgan fingerprint density at radius 2 is 1.92 bits per heavy atom. The van der Waals surface area contributed by atoms with E-state index in [4.69, 9.17) is 0 Å². The maximum absolute atomic E-state index is 11.4. The van der Waals surface area contributed by atoms with E-state index in [2.05, 4.69) is 4.98 Å². The molecule has 3 rings (SSSR count). The van der Waals surface area contributed by atoms with E-state index in [9.17, 15) is 14.9 Å². The monoisotopic (exact) mass is 335 g/mol. The number of carbonyl (C=O) groups excluding carboxylic acids is 1. The Balaban J connectivity index is 2.05. The predicted molar refractivity (Wildman–Crippen MR) is 94.6 cm³/mol. The highest BCUT2D eigenvalue weighted by Crippen LogP contribution is 2.31. The zero-order valence-corrected chi connectivity index (χ0v) is 13.8. The van der Waals surface area contributed by atoms with Gasteiger partial charge in [0.2, 0.25) is 5.82 Å². The third-order valence-corrected chi connectivity index (χ3v) is 4.08. The molecule has 0 bridgehead atoms. The standard InChI is InChI=1S/C19H17N3O3/c1-14-20-19(22(24)25)18(17-9-5-8-16(12-17)13-23)21(14)11-10-15-6-3-2-4-7-15/h2-9,12-13H,10-11H2,1H3. The van der Waals surface area contributed by atoms with Crippen molar-refractivity contribution in [2.45, 2.75) is 19.9 Å². The Kier molecular flexibility index (Phi) is 4.70. The zero-order valence-electron chi connectivity index (χ0n) is 13.8. The highest BCUT2D eigenvalue weighted by molar-refractivity contribution is 5.79. The van der Waals surface area contributed by atoms with Gasteiger partial charge in [-0.1, -0.05) is 48.5 Å². The second-order valence-corrected chi connectivity index (χ2v) is 5.72. The number of hydrogen-bond donors (Lipinski definition) is 0. The number of imidazole rings is 1. The summed E-state index contributed by atoms with van der Waals surface area (Å²) in [5.74, 6) is 0.391. The van der Waals surface area contributed by atoms with Gasteiger partial charge in [-0.3, -0.25) is 4.79 Å². The summed E-state index contributed by atoms with van der Waals surface area (Å²) in [6.45, 7) is 2.32.